The van der Waals surface area contributed by atoms with Crippen molar-refractivity contribution in [3.05, 3.63) is 0 Å². The first kappa shape index (κ1) is 14.5. The van der Waals surface area contributed by atoms with Crippen molar-refractivity contribution >= 4 is 10.0 Å². The predicted octanol–water partition coefficient (Wildman–Crippen LogP) is 0.803. The van der Waals surface area contributed by atoms with Gasteiger partial charge in [-0.25, -0.2) is 8.42 Å². The monoisotopic (exact) mass is 258 g/mol. The van der Waals surface area contributed by atoms with Crippen LogP contribution in [0.5, 0.6) is 0 Å². The number of hydrogen-bond acceptors (Lipinski definition) is 3. The molecule has 1 unspecified atom stereocenters. The molecule has 1 saturated heterocycles. The van der Waals surface area contributed by atoms with Gasteiger partial charge in [-0.05, 0) is 25.8 Å². The highest BCUT2D eigenvalue weighted by Crippen LogP contribution is 2.12. The average molecular weight is 258 g/mol. The van der Waals surface area contributed by atoms with Crippen LogP contribution in [0, 0.1) is 12.3 Å². The molecule has 0 aliphatic carbocycles. The third kappa shape index (κ3) is 4.66. The lowest BCUT2D eigenvalue weighted by atomic mass is 10.1. The zero-order valence-electron chi connectivity index (χ0n) is 10.5. The van der Waals surface area contributed by atoms with Gasteiger partial charge in [-0.2, -0.15) is 4.31 Å². The maximum atomic E-state index is 12.2. The van der Waals surface area contributed by atoms with E-state index in [0.29, 0.717) is 6.54 Å². The molecular weight excluding hydrogens is 236 g/mol. The minimum absolute atomic E-state index is 0.0888. The third-order valence-electron chi connectivity index (χ3n) is 2.96. The average Bonchev–Trinajstić information content (AvgIpc) is 2.29. The minimum atomic E-state index is -3.22. The van der Waals surface area contributed by atoms with E-state index in [1.54, 1.807) is 0 Å². The molecule has 1 heterocycles. The molecule has 0 aromatic rings. The van der Waals surface area contributed by atoms with Crippen LogP contribution in [0.1, 0.15) is 32.6 Å². The van der Waals surface area contributed by atoms with Crippen molar-refractivity contribution in [3.63, 3.8) is 0 Å². The van der Waals surface area contributed by atoms with Gasteiger partial charge in [-0.1, -0.05) is 19.3 Å². The van der Waals surface area contributed by atoms with Crippen LogP contribution in [0.15, 0.2) is 0 Å². The summed E-state index contributed by atoms with van der Waals surface area (Å²) >= 11 is 0. The van der Waals surface area contributed by atoms with Crippen molar-refractivity contribution in [2.24, 2.45) is 0 Å². The number of sulfonamides is 1. The van der Waals surface area contributed by atoms with Gasteiger partial charge in [0.1, 0.15) is 0 Å². The topological polar surface area (TPSA) is 49.4 Å². The largest absolute Gasteiger partial charge is 0.313 e. The molecule has 98 valence electrons. The first-order chi connectivity index (χ1) is 8.10. The molecule has 17 heavy (non-hydrogen) atoms. The molecule has 0 aromatic heterocycles. The van der Waals surface area contributed by atoms with E-state index in [0.717, 1.165) is 32.2 Å². The van der Waals surface area contributed by atoms with Crippen LogP contribution in [-0.2, 0) is 10.0 Å². The molecule has 1 aliphatic heterocycles. The maximum absolute atomic E-state index is 12.2. The standard InChI is InChI=1S/C12H22N2O2S/c1-3-9-14(10-4-2)17(15,16)11-12-7-5-6-8-13-12/h1,12-13H,4-11H2,2H3. The van der Waals surface area contributed by atoms with Gasteiger partial charge in [0.25, 0.3) is 0 Å². The highest BCUT2D eigenvalue weighted by molar-refractivity contribution is 7.89. The molecule has 0 bridgehead atoms. The second kappa shape index (κ2) is 7.00. The van der Waals surface area contributed by atoms with E-state index in [1.165, 1.54) is 4.31 Å². The van der Waals surface area contributed by atoms with Crippen LogP contribution >= 0.6 is 0 Å². The van der Waals surface area contributed by atoms with Crippen molar-refractivity contribution < 1.29 is 8.42 Å². The molecule has 1 fully saturated rings. The Hall–Kier alpha value is -0.570. The Morgan fingerprint density at radius 3 is 2.76 bits per heavy atom. The van der Waals surface area contributed by atoms with Gasteiger partial charge in [-0.3, -0.25) is 0 Å². The summed E-state index contributed by atoms with van der Waals surface area (Å²) in [5, 5.41) is 3.26. The third-order valence-corrected chi connectivity index (χ3v) is 4.88. The maximum Gasteiger partial charge on any atom is 0.216 e. The van der Waals surface area contributed by atoms with Crippen LogP contribution in [0.25, 0.3) is 0 Å². The molecule has 0 radical (unpaired) electrons. The first-order valence-corrected chi connectivity index (χ1v) is 7.85. The number of nitrogens with zero attached hydrogens (tertiary/aromatic N) is 1. The molecule has 1 atom stereocenters. The fourth-order valence-electron chi connectivity index (χ4n) is 2.09. The van der Waals surface area contributed by atoms with Gasteiger partial charge in [0.2, 0.25) is 10.0 Å². The Bertz CT molecular complexity index is 353. The fourth-order valence-corrected chi connectivity index (χ4v) is 3.83. The second-order valence-electron chi connectivity index (χ2n) is 4.46. The van der Waals surface area contributed by atoms with Crippen molar-refractivity contribution in [1.29, 1.82) is 0 Å². The summed E-state index contributed by atoms with van der Waals surface area (Å²) in [5.74, 6) is 2.60. The summed E-state index contributed by atoms with van der Waals surface area (Å²) in [6.07, 6.45) is 9.19. The van der Waals surface area contributed by atoms with Crippen LogP contribution in [0.3, 0.4) is 0 Å². The number of hydrogen-bond donors (Lipinski definition) is 1. The summed E-state index contributed by atoms with van der Waals surface area (Å²) in [7, 11) is -3.22. The van der Waals surface area contributed by atoms with E-state index in [2.05, 4.69) is 11.2 Å². The summed E-state index contributed by atoms with van der Waals surface area (Å²) in [5.41, 5.74) is 0. The van der Waals surface area contributed by atoms with E-state index < -0.39 is 10.0 Å². The van der Waals surface area contributed by atoms with Crippen LogP contribution < -0.4 is 5.32 Å². The van der Waals surface area contributed by atoms with Gasteiger partial charge in [-0.15, -0.1) is 6.42 Å². The molecule has 1 rings (SSSR count). The minimum Gasteiger partial charge on any atom is -0.313 e. The lowest BCUT2D eigenvalue weighted by molar-refractivity contribution is 0.403. The van der Waals surface area contributed by atoms with Gasteiger partial charge in [0, 0.05) is 12.6 Å². The SMILES string of the molecule is C#CCN(CCC)S(=O)(=O)CC1CCCCN1. The number of rotatable bonds is 6. The van der Waals surface area contributed by atoms with Crippen LogP contribution in [-0.4, -0.2) is 44.2 Å². The molecule has 0 amide bonds. The number of terminal acetylenes is 1. The zero-order valence-corrected chi connectivity index (χ0v) is 11.3. The molecule has 0 saturated carbocycles. The highest BCUT2D eigenvalue weighted by Gasteiger charge is 2.25. The van der Waals surface area contributed by atoms with Gasteiger partial charge in [0.15, 0.2) is 0 Å². The normalized spacial score (nSPS) is 21.4. The van der Waals surface area contributed by atoms with Crippen molar-refractivity contribution in [3.8, 4) is 12.3 Å². The Balaban J connectivity index is 2.60. The molecule has 4 nitrogen and oxygen atoms in total. The van der Waals surface area contributed by atoms with Crippen LogP contribution in [0.4, 0.5) is 0 Å². The summed E-state index contributed by atoms with van der Waals surface area (Å²) in [6.45, 7) is 3.57. The first-order valence-electron chi connectivity index (χ1n) is 6.25. The lowest BCUT2D eigenvalue weighted by Crippen LogP contribution is -2.44. The van der Waals surface area contributed by atoms with E-state index in [9.17, 15) is 8.42 Å². The molecule has 1 N–H and O–H groups in total. The smallest absolute Gasteiger partial charge is 0.216 e. The van der Waals surface area contributed by atoms with Crippen molar-refractivity contribution in [2.75, 3.05) is 25.4 Å². The number of piperidine rings is 1. The lowest BCUT2D eigenvalue weighted by Gasteiger charge is -2.26. The van der Waals surface area contributed by atoms with Gasteiger partial charge in [0.05, 0.1) is 12.3 Å². The summed E-state index contributed by atoms with van der Waals surface area (Å²) in [4.78, 5) is 0. The zero-order chi connectivity index (χ0) is 12.7. The highest BCUT2D eigenvalue weighted by atomic mass is 32.2. The Labute approximate surface area is 105 Å². The second-order valence-corrected chi connectivity index (χ2v) is 6.48. The van der Waals surface area contributed by atoms with E-state index >= 15 is 0 Å². The Morgan fingerprint density at radius 1 is 1.47 bits per heavy atom. The quantitative estimate of drug-likeness (QED) is 0.717. The molecule has 0 spiro atoms. The van der Waals surface area contributed by atoms with E-state index in [4.69, 9.17) is 6.42 Å². The van der Waals surface area contributed by atoms with Crippen molar-refractivity contribution in [1.82, 2.24) is 9.62 Å². The van der Waals surface area contributed by atoms with Crippen molar-refractivity contribution in [2.45, 2.75) is 38.6 Å². The Kier molecular flexibility index (Phi) is 5.96. The summed E-state index contributed by atoms with van der Waals surface area (Å²) in [6, 6.07) is 0.0888. The van der Waals surface area contributed by atoms with E-state index in [-0.39, 0.29) is 18.3 Å². The molecule has 0 aromatic carbocycles. The molecular formula is C12H22N2O2S. The molecule has 5 heteroatoms. The fraction of sp³-hybridized carbons (Fsp3) is 0.833. The number of nitrogens with one attached hydrogen (secondary N) is 1. The predicted molar refractivity (Wildman–Crippen MR) is 70.1 cm³/mol. The van der Waals surface area contributed by atoms with Crippen LogP contribution in [0.2, 0.25) is 0 Å². The van der Waals surface area contributed by atoms with E-state index in [1.807, 2.05) is 6.92 Å². The summed E-state index contributed by atoms with van der Waals surface area (Å²) < 4.78 is 25.8. The molecule has 1 aliphatic rings. The Morgan fingerprint density at radius 2 is 2.24 bits per heavy atom. The van der Waals surface area contributed by atoms with Gasteiger partial charge >= 0.3 is 0 Å². The van der Waals surface area contributed by atoms with Gasteiger partial charge < -0.3 is 5.32 Å².